The molecule has 0 aliphatic rings. The van der Waals surface area contributed by atoms with Crippen LogP contribution in [0.25, 0.3) is 11.1 Å². The van der Waals surface area contributed by atoms with E-state index in [9.17, 15) is 4.79 Å². The van der Waals surface area contributed by atoms with Gasteiger partial charge in [0.2, 0.25) is 0 Å². The van der Waals surface area contributed by atoms with Crippen LogP contribution in [-0.2, 0) is 13.0 Å². The number of methoxy groups -OCH3 is 1. The Labute approximate surface area is 143 Å². The second-order valence-corrected chi connectivity index (χ2v) is 5.85. The zero-order valence-corrected chi connectivity index (χ0v) is 14.8. The van der Waals surface area contributed by atoms with Crippen molar-refractivity contribution in [3.8, 4) is 16.9 Å². The van der Waals surface area contributed by atoms with Gasteiger partial charge in [0.25, 0.3) is 5.91 Å². The predicted molar refractivity (Wildman–Crippen MR) is 98.5 cm³/mol. The monoisotopic (exact) mass is 326 g/mol. The number of hydrogen-bond acceptors (Lipinski definition) is 2. The highest BCUT2D eigenvalue weighted by atomic mass is 16.5. The van der Waals surface area contributed by atoms with Gasteiger partial charge in [-0.2, -0.15) is 0 Å². The molecule has 0 atom stereocenters. The molecule has 4 heteroatoms. The number of ether oxygens (including phenoxy) is 1. The number of amides is 1. The highest BCUT2D eigenvalue weighted by molar-refractivity contribution is 6.03. The molecule has 1 heterocycles. The lowest BCUT2D eigenvalue weighted by Gasteiger charge is -2.13. The number of rotatable bonds is 8. The van der Waals surface area contributed by atoms with Gasteiger partial charge in [0.05, 0.1) is 12.7 Å². The van der Waals surface area contributed by atoms with E-state index in [1.165, 1.54) is 0 Å². The molecule has 2 N–H and O–H groups in total. The quantitative estimate of drug-likeness (QED) is 0.743. The Hall–Kier alpha value is -2.49. The molecule has 0 bridgehead atoms. The second-order valence-electron chi connectivity index (χ2n) is 5.85. The summed E-state index contributed by atoms with van der Waals surface area (Å²) in [6, 6.07) is 7.76. The van der Waals surface area contributed by atoms with Crippen LogP contribution >= 0.6 is 0 Å². The maximum Gasteiger partial charge on any atom is 0.251 e. The third-order valence-corrected chi connectivity index (χ3v) is 4.33. The smallest absolute Gasteiger partial charge is 0.251 e. The Morgan fingerprint density at radius 2 is 2.08 bits per heavy atom. The largest absolute Gasteiger partial charge is 0.496 e. The van der Waals surface area contributed by atoms with Crippen LogP contribution in [0.3, 0.4) is 0 Å². The lowest BCUT2D eigenvalue weighted by molar-refractivity contribution is 0.1000. The van der Waals surface area contributed by atoms with Gasteiger partial charge in [-0.05, 0) is 25.8 Å². The number of primary amides is 1. The van der Waals surface area contributed by atoms with Crippen molar-refractivity contribution in [2.45, 2.75) is 39.7 Å². The predicted octanol–water partition coefficient (Wildman–Crippen LogP) is 4.10. The fraction of sp³-hybridized carbons (Fsp3) is 0.350. The van der Waals surface area contributed by atoms with Gasteiger partial charge in [-0.15, -0.1) is 6.58 Å². The molecule has 0 radical (unpaired) electrons. The van der Waals surface area contributed by atoms with Gasteiger partial charge < -0.3 is 15.0 Å². The summed E-state index contributed by atoms with van der Waals surface area (Å²) in [6.07, 6.45) is 4.85. The van der Waals surface area contributed by atoms with E-state index >= 15 is 0 Å². The Kier molecular flexibility index (Phi) is 5.85. The van der Waals surface area contributed by atoms with Crippen LogP contribution in [-0.4, -0.2) is 17.6 Å². The number of carbonyl (C=O) groups is 1. The first-order valence-corrected chi connectivity index (χ1v) is 8.32. The third kappa shape index (κ3) is 3.23. The van der Waals surface area contributed by atoms with Gasteiger partial charge >= 0.3 is 0 Å². The molecule has 0 unspecified atom stereocenters. The Morgan fingerprint density at radius 3 is 2.67 bits per heavy atom. The van der Waals surface area contributed by atoms with Gasteiger partial charge in [0, 0.05) is 29.1 Å². The molecule has 0 saturated carbocycles. The van der Waals surface area contributed by atoms with Crippen molar-refractivity contribution in [2.24, 2.45) is 5.73 Å². The van der Waals surface area contributed by atoms with Gasteiger partial charge in [0.15, 0.2) is 0 Å². The summed E-state index contributed by atoms with van der Waals surface area (Å²) in [6.45, 7) is 8.60. The van der Waals surface area contributed by atoms with Crippen LogP contribution in [0.4, 0.5) is 0 Å². The fourth-order valence-electron chi connectivity index (χ4n) is 3.22. The van der Waals surface area contributed by atoms with Crippen molar-refractivity contribution in [2.75, 3.05) is 7.11 Å². The van der Waals surface area contributed by atoms with Crippen molar-refractivity contribution in [1.82, 2.24) is 4.57 Å². The van der Waals surface area contributed by atoms with E-state index in [1.807, 2.05) is 37.3 Å². The summed E-state index contributed by atoms with van der Waals surface area (Å²) in [5, 5.41) is 0. The minimum atomic E-state index is -0.408. The number of nitrogens with zero attached hydrogens (tertiary/aromatic N) is 1. The van der Waals surface area contributed by atoms with Crippen molar-refractivity contribution in [3.63, 3.8) is 0 Å². The maximum atomic E-state index is 12.2. The van der Waals surface area contributed by atoms with Crippen LogP contribution in [0.1, 0.15) is 41.5 Å². The zero-order chi connectivity index (χ0) is 17.7. The van der Waals surface area contributed by atoms with E-state index in [-0.39, 0.29) is 0 Å². The molecule has 0 spiro atoms. The summed E-state index contributed by atoms with van der Waals surface area (Å²) in [4.78, 5) is 12.2. The molecule has 1 aromatic heterocycles. The van der Waals surface area contributed by atoms with Crippen LogP contribution in [0, 0.1) is 6.92 Å². The molecule has 1 aromatic carbocycles. The number of allylic oxidation sites excluding steroid dienone is 1. The lowest BCUT2D eigenvalue weighted by Crippen LogP contribution is -2.13. The summed E-state index contributed by atoms with van der Waals surface area (Å²) < 4.78 is 7.66. The molecule has 0 aliphatic heterocycles. The minimum Gasteiger partial charge on any atom is -0.496 e. The van der Waals surface area contributed by atoms with E-state index in [2.05, 4.69) is 18.1 Å². The van der Waals surface area contributed by atoms with Crippen molar-refractivity contribution in [3.05, 3.63) is 53.9 Å². The maximum absolute atomic E-state index is 12.2. The average Bonchev–Trinajstić information content (AvgIpc) is 2.85. The topological polar surface area (TPSA) is 57.2 Å². The second kappa shape index (κ2) is 7.86. The molecule has 2 rings (SSSR count). The first-order valence-electron chi connectivity index (χ1n) is 8.32. The van der Waals surface area contributed by atoms with E-state index in [0.717, 1.165) is 47.5 Å². The highest BCUT2D eigenvalue weighted by Gasteiger charge is 2.25. The molecule has 1 amide bonds. The fourth-order valence-corrected chi connectivity index (χ4v) is 3.22. The number of nitrogens with two attached hydrogens (primary N) is 1. The number of carbonyl (C=O) groups excluding carboxylic acids is 1. The molecule has 0 saturated heterocycles. The molecule has 0 aliphatic carbocycles. The molecular weight excluding hydrogens is 300 g/mol. The first-order chi connectivity index (χ1) is 11.6. The van der Waals surface area contributed by atoms with Gasteiger partial charge in [0.1, 0.15) is 5.75 Å². The lowest BCUT2D eigenvalue weighted by atomic mass is 9.97. The van der Waals surface area contributed by atoms with E-state index in [0.29, 0.717) is 12.1 Å². The Balaban J connectivity index is 2.81. The van der Waals surface area contributed by atoms with Crippen LogP contribution in [0.15, 0.2) is 36.9 Å². The third-order valence-electron chi connectivity index (χ3n) is 4.33. The van der Waals surface area contributed by atoms with E-state index in [1.54, 1.807) is 7.11 Å². The highest BCUT2D eigenvalue weighted by Crippen LogP contribution is 2.38. The molecule has 0 fully saturated rings. The number of aromatic nitrogens is 1. The van der Waals surface area contributed by atoms with Gasteiger partial charge in [-0.1, -0.05) is 37.6 Å². The summed E-state index contributed by atoms with van der Waals surface area (Å²) in [5.41, 5.74) is 10.1. The van der Waals surface area contributed by atoms with Gasteiger partial charge in [-0.3, -0.25) is 4.79 Å². The van der Waals surface area contributed by atoms with E-state index in [4.69, 9.17) is 10.5 Å². The minimum absolute atomic E-state index is 0.408. The number of hydrogen-bond donors (Lipinski definition) is 1. The van der Waals surface area contributed by atoms with Crippen LogP contribution in [0.2, 0.25) is 0 Å². The number of benzene rings is 1. The van der Waals surface area contributed by atoms with Crippen LogP contribution < -0.4 is 10.5 Å². The Bertz CT molecular complexity index is 744. The standard InChI is InChI=1S/C20H26N2O2/c1-5-7-11-16-19(15-10-8-9-12-17(15)24-4)18(20(21)23)14(3)22(16)13-6-2/h6,8-10,12H,2,5,7,11,13H2,1,3-4H3,(H2,21,23). The van der Waals surface area contributed by atoms with Crippen molar-refractivity contribution in [1.29, 1.82) is 0 Å². The first kappa shape index (κ1) is 17.9. The molecule has 128 valence electrons. The molecule has 4 nitrogen and oxygen atoms in total. The zero-order valence-electron chi connectivity index (χ0n) is 14.8. The summed E-state index contributed by atoms with van der Waals surface area (Å²) in [7, 11) is 1.64. The number of unbranched alkanes of at least 4 members (excludes halogenated alkanes) is 1. The molecule has 24 heavy (non-hydrogen) atoms. The summed E-state index contributed by atoms with van der Waals surface area (Å²) >= 11 is 0. The molecule has 2 aromatic rings. The van der Waals surface area contributed by atoms with E-state index < -0.39 is 5.91 Å². The SMILES string of the molecule is C=CCn1c(C)c(C(N)=O)c(-c2ccccc2OC)c1CCCC. The Morgan fingerprint density at radius 1 is 1.38 bits per heavy atom. The van der Waals surface area contributed by atoms with Crippen molar-refractivity contribution >= 4 is 5.91 Å². The average molecular weight is 326 g/mol. The van der Waals surface area contributed by atoms with Crippen LogP contribution in [0.5, 0.6) is 5.75 Å². The van der Waals surface area contributed by atoms with Gasteiger partial charge in [-0.25, -0.2) is 0 Å². The van der Waals surface area contributed by atoms with Crippen molar-refractivity contribution < 1.29 is 9.53 Å². The normalized spacial score (nSPS) is 10.6. The summed E-state index contributed by atoms with van der Waals surface area (Å²) in [5.74, 6) is 0.336. The molecular formula is C20H26N2O2. The number of para-hydroxylation sites is 1.